The molecule has 0 heterocycles. The molecule has 0 saturated heterocycles. The van der Waals surface area contributed by atoms with Gasteiger partial charge < -0.3 is 0 Å². The zero-order valence-corrected chi connectivity index (χ0v) is 6.85. The van der Waals surface area contributed by atoms with Crippen LogP contribution in [-0.4, -0.2) is 12.8 Å². The molecule has 0 aliphatic rings. The van der Waals surface area contributed by atoms with Crippen LogP contribution in [0.4, 0.5) is 0 Å². The third-order valence-electron chi connectivity index (χ3n) is 1.18. The summed E-state index contributed by atoms with van der Waals surface area (Å²) < 4.78 is 0. The average molecular weight is 138 g/mol. The Morgan fingerprint density at radius 3 is 2.80 bits per heavy atom. The molecule has 0 spiro atoms. The summed E-state index contributed by atoms with van der Waals surface area (Å²) in [6.45, 7) is 8.85. The van der Waals surface area contributed by atoms with E-state index in [1.165, 1.54) is 5.57 Å². The predicted molar refractivity (Wildman–Crippen MR) is 46.1 cm³/mol. The second-order valence-corrected chi connectivity index (χ2v) is 2.24. The summed E-state index contributed by atoms with van der Waals surface area (Å²) in [5.74, 6) is 0. The van der Waals surface area contributed by atoms with Crippen LogP contribution in [0.25, 0.3) is 0 Å². The van der Waals surface area contributed by atoms with E-state index in [0.29, 0.717) is 0 Å². The Bertz CT molecular complexity index is 143. The van der Waals surface area contributed by atoms with Gasteiger partial charge in [-0.3, -0.25) is 0 Å². The van der Waals surface area contributed by atoms with Gasteiger partial charge in [-0.05, 0) is 12.5 Å². The lowest BCUT2D eigenvalue weighted by atomic mass is 10.3. The zero-order chi connectivity index (χ0) is 7.82. The Morgan fingerprint density at radius 2 is 2.30 bits per heavy atom. The van der Waals surface area contributed by atoms with Crippen molar-refractivity contribution in [3.05, 3.63) is 24.3 Å². The topological polar surface area (TPSA) is 14.0 Å². The van der Waals surface area contributed by atoms with Crippen molar-refractivity contribution in [2.24, 2.45) is 0 Å². The summed E-state index contributed by atoms with van der Waals surface area (Å²) in [7, 11) is 0. The molecular formula is C9H16N+. The summed E-state index contributed by atoms with van der Waals surface area (Å²) >= 11 is 0. The van der Waals surface area contributed by atoms with Gasteiger partial charge in [0.15, 0.2) is 6.21 Å². The molecule has 1 N–H and O–H groups in total. The first kappa shape index (κ1) is 9.15. The molecule has 0 atom stereocenters. The van der Waals surface area contributed by atoms with Crippen LogP contribution in [-0.2, 0) is 0 Å². The highest BCUT2D eigenvalue weighted by molar-refractivity contribution is 5.67. The quantitative estimate of drug-likeness (QED) is 0.434. The fourth-order valence-electron chi connectivity index (χ4n) is 0.486. The number of allylic oxidation sites excluding steroid dienone is 3. The molecule has 1 heteroatoms. The van der Waals surface area contributed by atoms with E-state index in [0.717, 1.165) is 13.0 Å². The summed E-state index contributed by atoms with van der Waals surface area (Å²) in [5.41, 5.74) is 1.18. The molecule has 0 bridgehead atoms. The van der Waals surface area contributed by atoms with Crippen LogP contribution < -0.4 is 4.99 Å². The van der Waals surface area contributed by atoms with E-state index in [-0.39, 0.29) is 0 Å². The van der Waals surface area contributed by atoms with Crippen molar-refractivity contribution in [3.8, 4) is 0 Å². The van der Waals surface area contributed by atoms with Crippen LogP contribution in [0.2, 0.25) is 0 Å². The van der Waals surface area contributed by atoms with Crippen molar-refractivity contribution >= 4 is 6.21 Å². The van der Waals surface area contributed by atoms with Gasteiger partial charge in [0.2, 0.25) is 0 Å². The first-order valence-electron chi connectivity index (χ1n) is 3.67. The second kappa shape index (κ2) is 6.27. The number of hydrogen-bond acceptors (Lipinski definition) is 0. The largest absolute Gasteiger partial charge is 0.248 e. The molecule has 0 rings (SSSR count). The third-order valence-corrected chi connectivity index (χ3v) is 1.18. The molecule has 1 nitrogen and oxygen atoms in total. The van der Waals surface area contributed by atoms with Gasteiger partial charge in [-0.2, -0.15) is 0 Å². The monoisotopic (exact) mass is 138 g/mol. The van der Waals surface area contributed by atoms with E-state index in [1.54, 1.807) is 0 Å². The highest BCUT2D eigenvalue weighted by atomic mass is 14.7. The molecule has 0 unspecified atom stereocenters. The van der Waals surface area contributed by atoms with E-state index in [4.69, 9.17) is 0 Å². The summed E-state index contributed by atoms with van der Waals surface area (Å²) in [6, 6.07) is 0. The maximum Gasteiger partial charge on any atom is 0.161 e. The molecule has 0 aromatic carbocycles. The van der Waals surface area contributed by atoms with Crippen molar-refractivity contribution in [3.63, 3.8) is 0 Å². The minimum atomic E-state index is 1.04. The molecule has 0 saturated carbocycles. The molecule has 0 aliphatic carbocycles. The zero-order valence-electron chi connectivity index (χ0n) is 6.85. The number of hydrogen-bond donors (Lipinski definition) is 1. The Kier molecular flexibility index (Phi) is 5.74. The molecular weight excluding hydrogens is 122 g/mol. The lowest BCUT2D eigenvalue weighted by molar-refractivity contribution is -0.450. The highest BCUT2D eigenvalue weighted by Gasteiger charge is 1.78. The maximum absolute atomic E-state index is 3.64. The van der Waals surface area contributed by atoms with Gasteiger partial charge >= 0.3 is 0 Å². The van der Waals surface area contributed by atoms with E-state index < -0.39 is 0 Å². The molecule has 56 valence electrons. The normalized spacial score (nSPS) is 12.4. The minimum Gasteiger partial charge on any atom is -0.248 e. The summed E-state index contributed by atoms with van der Waals surface area (Å²) in [5, 5.41) is 0. The van der Waals surface area contributed by atoms with Crippen LogP contribution in [0, 0.1) is 0 Å². The number of rotatable bonds is 4. The van der Waals surface area contributed by atoms with E-state index in [1.807, 2.05) is 25.3 Å². The lowest BCUT2D eigenvalue weighted by Gasteiger charge is -1.80. The van der Waals surface area contributed by atoms with Crippen molar-refractivity contribution in [2.45, 2.75) is 20.3 Å². The third kappa shape index (κ3) is 5.29. The summed E-state index contributed by atoms with van der Waals surface area (Å²) in [6.07, 6.45) is 6.98. The maximum atomic E-state index is 3.64. The van der Waals surface area contributed by atoms with Crippen LogP contribution in [0.15, 0.2) is 24.3 Å². The Balaban J connectivity index is 3.59. The molecule has 0 aliphatic heterocycles. The fourth-order valence-corrected chi connectivity index (χ4v) is 0.486. The van der Waals surface area contributed by atoms with Crippen molar-refractivity contribution in [1.29, 1.82) is 0 Å². The molecule has 0 aromatic rings. The number of nitrogens with one attached hydrogen (secondary N) is 1. The molecule has 0 aromatic heterocycles. The summed E-state index contributed by atoms with van der Waals surface area (Å²) in [4.78, 5) is 3.15. The fraction of sp³-hybridized carbons (Fsp3) is 0.444. The average Bonchev–Trinajstić information content (AvgIpc) is 1.98. The van der Waals surface area contributed by atoms with Gasteiger partial charge in [-0.25, -0.2) is 4.99 Å². The van der Waals surface area contributed by atoms with Crippen LogP contribution in [0.3, 0.4) is 0 Å². The van der Waals surface area contributed by atoms with Gasteiger partial charge in [-0.1, -0.05) is 19.6 Å². The van der Waals surface area contributed by atoms with Gasteiger partial charge in [0.1, 0.15) is 6.54 Å². The molecule has 0 amide bonds. The van der Waals surface area contributed by atoms with Crippen molar-refractivity contribution in [2.75, 3.05) is 6.54 Å². The second-order valence-electron chi connectivity index (χ2n) is 2.24. The van der Waals surface area contributed by atoms with Crippen LogP contribution >= 0.6 is 0 Å². The van der Waals surface area contributed by atoms with Crippen molar-refractivity contribution in [1.82, 2.24) is 0 Å². The molecule has 0 radical (unpaired) electrons. The Morgan fingerprint density at radius 1 is 1.60 bits per heavy atom. The van der Waals surface area contributed by atoms with Gasteiger partial charge in [0.25, 0.3) is 0 Å². The van der Waals surface area contributed by atoms with Gasteiger partial charge in [-0.15, -0.1) is 0 Å². The smallest absolute Gasteiger partial charge is 0.161 e. The highest BCUT2D eigenvalue weighted by Crippen LogP contribution is 1.86. The van der Waals surface area contributed by atoms with E-state index in [9.17, 15) is 0 Å². The van der Waals surface area contributed by atoms with Gasteiger partial charge in [0.05, 0.1) is 0 Å². The molecule has 10 heavy (non-hydrogen) atoms. The Hall–Kier alpha value is -0.850. The first-order valence-corrected chi connectivity index (χ1v) is 3.67. The molecule has 0 fully saturated rings. The SMILES string of the molecule is C=C/C(C)=C\C=[NH+]CCC. The van der Waals surface area contributed by atoms with E-state index in [2.05, 4.69) is 18.5 Å². The predicted octanol–water partition coefficient (Wildman–Crippen LogP) is 0.680. The van der Waals surface area contributed by atoms with Crippen LogP contribution in [0.1, 0.15) is 20.3 Å². The van der Waals surface area contributed by atoms with E-state index >= 15 is 0 Å². The lowest BCUT2D eigenvalue weighted by Crippen LogP contribution is -2.68. The van der Waals surface area contributed by atoms with Crippen LogP contribution in [0.5, 0.6) is 0 Å². The minimum absolute atomic E-state index is 1.04. The Labute approximate surface area is 63.2 Å². The standard InChI is InChI=1S/C9H15N/c1-4-7-10-8-6-9(3)5-2/h5-6,8H,2,4,7H2,1,3H3/p+1/b9-6-,10-8?. The van der Waals surface area contributed by atoms with Crippen molar-refractivity contribution < 1.29 is 4.99 Å². The first-order chi connectivity index (χ1) is 4.81. The van der Waals surface area contributed by atoms with Gasteiger partial charge in [0, 0.05) is 12.5 Å².